The molecule has 0 spiro atoms. The molecule has 0 radical (unpaired) electrons. The van der Waals surface area contributed by atoms with Gasteiger partial charge in [0.25, 0.3) is 0 Å². The van der Waals surface area contributed by atoms with Crippen LogP contribution in [0.5, 0.6) is 0 Å². The van der Waals surface area contributed by atoms with Crippen molar-refractivity contribution in [1.29, 1.82) is 0 Å². The van der Waals surface area contributed by atoms with Crippen molar-refractivity contribution in [2.75, 3.05) is 20.0 Å². The van der Waals surface area contributed by atoms with Gasteiger partial charge in [0, 0.05) is 14.2 Å². The van der Waals surface area contributed by atoms with Gasteiger partial charge in [0.15, 0.2) is 0 Å². The summed E-state index contributed by atoms with van der Waals surface area (Å²) >= 11 is 4.14. The molecule has 0 fully saturated rings. The Labute approximate surface area is 70.2 Å². The zero-order chi connectivity index (χ0) is 7.98. The van der Waals surface area contributed by atoms with E-state index in [0.29, 0.717) is 5.54 Å². The molecule has 0 aliphatic carbocycles. The van der Waals surface area contributed by atoms with Crippen molar-refractivity contribution in [1.82, 2.24) is 0 Å². The number of hydrogen-bond donors (Lipinski definition) is 1. The molecule has 0 aliphatic rings. The smallest absolute Gasteiger partial charge is 0.323 e. The van der Waals surface area contributed by atoms with Crippen LogP contribution in [0, 0.1) is 0 Å². The molecule has 4 heteroatoms. The van der Waals surface area contributed by atoms with Gasteiger partial charge in [-0.3, -0.25) is 0 Å². The van der Waals surface area contributed by atoms with Crippen LogP contribution in [-0.4, -0.2) is 29.3 Å². The third-order valence-electron chi connectivity index (χ3n) is 1.51. The molecule has 1 unspecified atom stereocenters. The van der Waals surface area contributed by atoms with Crippen LogP contribution in [0.15, 0.2) is 0 Å². The van der Waals surface area contributed by atoms with E-state index in [1.807, 2.05) is 0 Å². The van der Waals surface area contributed by atoms with Crippen LogP contribution in [0.1, 0.15) is 13.3 Å². The third kappa shape index (κ3) is 3.61. The van der Waals surface area contributed by atoms with Crippen LogP contribution in [0.25, 0.3) is 0 Å². The molecule has 2 nitrogen and oxygen atoms in total. The fourth-order valence-corrected chi connectivity index (χ4v) is 3.15. The molecule has 0 saturated carbocycles. The molecule has 1 atom stereocenters. The predicted molar refractivity (Wildman–Crippen MR) is 49.1 cm³/mol. The second-order valence-electron chi connectivity index (χ2n) is 2.33. The quantitative estimate of drug-likeness (QED) is 0.506. The highest BCUT2D eigenvalue weighted by Crippen LogP contribution is 2.15. The van der Waals surface area contributed by atoms with Crippen LogP contribution in [0.2, 0.25) is 5.54 Å². The maximum absolute atomic E-state index is 5.20. The van der Waals surface area contributed by atoms with Crippen molar-refractivity contribution in [2.24, 2.45) is 0 Å². The highest BCUT2D eigenvalue weighted by Gasteiger charge is 2.17. The summed E-state index contributed by atoms with van der Waals surface area (Å²) in [6.45, 7) is 2.15. The van der Waals surface area contributed by atoms with E-state index in [2.05, 4.69) is 19.6 Å². The summed E-state index contributed by atoms with van der Waals surface area (Å²) in [5.41, 5.74) is 0.562. The standard InChI is InChI=1S/C6H16O2SSi/c1-6(4-5-9)10(7-2)8-3/h6,9-10H,4-5H2,1-3H3. The lowest BCUT2D eigenvalue weighted by molar-refractivity contribution is 0.266. The van der Waals surface area contributed by atoms with Crippen LogP contribution in [0.4, 0.5) is 0 Å². The van der Waals surface area contributed by atoms with Crippen molar-refractivity contribution in [3.63, 3.8) is 0 Å². The first kappa shape index (κ1) is 10.5. The molecule has 62 valence electrons. The summed E-state index contributed by atoms with van der Waals surface area (Å²) in [6, 6.07) is 0. The Kier molecular flexibility index (Phi) is 6.52. The van der Waals surface area contributed by atoms with E-state index in [1.165, 1.54) is 0 Å². The van der Waals surface area contributed by atoms with Gasteiger partial charge >= 0.3 is 9.28 Å². The van der Waals surface area contributed by atoms with Crippen molar-refractivity contribution in [2.45, 2.75) is 18.9 Å². The molecule has 0 aromatic heterocycles. The molecule has 0 aromatic carbocycles. The van der Waals surface area contributed by atoms with Gasteiger partial charge in [0.1, 0.15) is 0 Å². The molecule has 0 heterocycles. The SMILES string of the molecule is CO[SiH](OC)C(C)CCS. The van der Waals surface area contributed by atoms with Gasteiger partial charge in [-0.25, -0.2) is 0 Å². The second-order valence-corrected chi connectivity index (χ2v) is 5.59. The zero-order valence-electron chi connectivity index (χ0n) is 6.83. The van der Waals surface area contributed by atoms with Gasteiger partial charge in [0.05, 0.1) is 0 Å². The number of thiol groups is 1. The molecular weight excluding hydrogens is 164 g/mol. The van der Waals surface area contributed by atoms with Crippen molar-refractivity contribution in [3.05, 3.63) is 0 Å². The second kappa shape index (κ2) is 6.21. The van der Waals surface area contributed by atoms with Crippen molar-refractivity contribution < 1.29 is 8.85 Å². The average Bonchev–Trinajstić information content (AvgIpc) is 1.91. The van der Waals surface area contributed by atoms with E-state index in [0.717, 1.165) is 12.2 Å². The average molecular weight is 180 g/mol. The summed E-state index contributed by atoms with van der Waals surface area (Å²) < 4.78 is 10.4. The topological polar surface area (TPSA) is 18.5 Å². The maximum atomic E-state index is 5.20. The van der Waals surface area contributed by atoms with Gasteiger partial charge in [0.2, 0.25) is 0 Å². The summed E-state index contributed by atoms with van der Waals surface area (Å²) in [7, 11) is 2.08. The Morgan fingerprint density at radius 2 is 1.90 bits per heavy atom. The molecule has 0 bridgehead atoms. The minimum atomic E-state index is -1.35. The van der Waals surface area contributed by atoms with Crippen LogP contribution in [0.3, 0.4) is 0 Å². The Balaban J connectivity index is 3.53. The van der Waals surface area contributed by atoms with Gasteiger partial charge in [-0.1, -0.05) is 6.92 Å². The van der Waals surface area contributed by atoms with Gasteiger partial charge in [-0.2, -0.15) is 12.6 Å². The van der Waals surface area contributed by atoms with Gasteiger partial charge in [-0.05, 0) is 17.7 Å². The van der Waals surface area contributed by atoms with Crippen LogP contribution in [-0.2, 0) is 8.85 Å². The first-order chi connectivity index (χ1) is 4.76. The lowest BCUT2D eigenvalue weighted by atomic mass is 10.4. The molecule has 0 aromatic rings. The van der Waals surface area contributed by atoms with E-state index < -0.39 is 9.28 Å². The summed E-state index contributed by atoms with van der Waals surface area (Å²) in [4.78, 5) is 0. The summed E-state index contributed by atoms with van der Waals surface area (Å²) in [6.07, 6.45) is 1.08. The third-order valence-corrected chi connectivity index (χ3v) is 3.96. The molecule has 10 heavy (non-hydrogen) atoms. The van der Waals surface area contributed by atoms with Crippen LogP contribution >= 0.6 is 12.6 Å². The molecule has 0 N–H and O–H groups in total. The first-order valence-electron chi connectivity index (χ1n) is 3.42. The minimum absolute atomic E-state index is 0.562. The van der Waals surface area contributed by atoms with Crippen LogP contribution < -0.4 is 0 Å². The summed E-state index contributed by atoms with van der Waals surface area (Å²) in [5, 5.41) is 0. The fraction of sp³-hybridized carbons (Fsp3) is 1.00. The molecule has 0 saturated heterocycles. The molecule has 0 aliphatic heterocycles. The largest absolute Gasteiger partial charge is 0.400 e. The predicted octanol–water partition coefficient (Wildman–Crippen LogP) is 1.21. The lowest BCUT2D eigenvalue weighted by Crippen LogP contribution is -2.24. The van der Waals surface area contributed by atoms with E-state index in [1.54, 1.807) is 14.2 Å². The Morgan fingerprint density at radius 3 is 2.20 bits per heavy atom. The van der Waals surface area contributed by atoms with E-state index in [-0.39, 0.29) is 0 Å². The fourth-order valence-electron chi connectivity index (χ4n) is 0.901. The number of rotatable bonds is 5. The van der Waals surface area contributed by atoms with E-state index in [4.69, 9.17) is 8.85 Å². The first-order valence-corrected chi connectivity index (χ1v) is 5.66. The molecule has 0 amide bonds. The van der Waals surface area contributed by atoms with Crippen molar-refractivity contribution >= 4 is 21.9 Å². The molecule has 0 rings (SSSR count). The summed E-state index contributed by atoms with van der Waals surface area (Å²) in [5.74, 6) is 0.914. The number of hydrogen-bond acceptors (Lipinski definition) is 3. The molecular formula is C6H16O2SSi. The monoisotopic (exact) mass is 180 g/mol. The Morgan fingerprint density at radius 1 is 1.40 bits per heavy atom. The Bertz CT molecular complexity index is 78.1. The Hall–Kier alpha value is 0.487. The van der Waals surface area contributed by atoms with Gasteiger partial charge in [-0.15, -0.1) is 0 Å². The zero-order valence-corrected chi connectivity index (χ0v) is 8.88. The van der Waals surface area contributed by atoms with E-state index >= 15 is 0 Å². The van der Waals surface area contributed by atoms with Crippen molar-refractivity contribution in [3.8, 4) is 0 Å². The minimum Gasteiger partial charge on any atom is -0.400 e. The maximum Gasteiger partial charge on any atom is 0.323 e. The van der Waals surface area contributed by atoms with Gasteiger partial charge < -0.3 is 8.85 Å². The highest BCUT2D eigenvalue weighted by atomic mass is 32.1. The van der Waals surface area contributed by atoms with E-state index in [9.17, 15) is 0 Å². The highest BCUT2D eigenvalue weighted by molar-refractivity contribution is 7.80. The normalized spacial score (nSPS) is 14.1. The lowest BCUT2D eigenvalue weighted by Gasteiger charge is -2.17.